The normalized spacial score (nSPS) is 13.4. The number of hydrogen-bond acceptors (Lipinski definition) is 3. The average molecular weight is 263 g/mol. The number of aliphatic hydroxyl groups is 2. The molecule has 0 aliphatic carbocycles. The Hall–Kier alpha value is -1.27. The van der Waals surface area contributed by atoms with E-state index in [4.69, 9.17) is 5.11 Å². The first kappa shape index (κ1) is 14.8. The molecule has 0 radical (unpaired) electrons. The Labute approximate surface area is 103 Å². The molecule has 0 aliphatic rings. The molecule has 1 rings (SSSR count). The van der Waals surface area contributed by atoms with Crippen LogP contribution in [0.2, 0.25) is 0 Å². The van der Waals surface area contributed by atoms with Crippen molar-refractivity contribution in [3.05, 3.63) is 29.8 Å². The van der Waals surface area contributed by atoms with Gasteiger partial charge in [-0.3, -0.25) is 0 Å². The molecule has 1 aromatic rings. The van der Waals surface area contributed by atoms with Gasteiger partial charge < -0.3 is 15.1 Å². The van der Waals surface area contributed by atoms with Crippen LogP contribution in [-0.2, 0) is 0 Å². The van der Waals surface area contributed by atoms with Gasteiger partial charge in [-0.15, -0.1) is 0 Å². The molecular weight excluding hydrogens is 247 g/mol. The van der Waals surface area contributed by atoms with Crippen LogP contribution in [0.1, 0.15) is 18.6 Å². The van der Waals surface area contributed by atoms with Gasteiger partial charge in [0.15, 0.2) is 0 Å². The van der Waals surface area contributed by atoms with E-state index in [1.807, 2.05) is 0 Å². The second-order valence-electron chi connectivity index (χ2n) is 4.00. The monoisotopic (exact) mass is 263 g/mol. The van der Waals surface area contributed by atoms with Crippen LogP contribution in [-0.4, -0.2) is 36.1 Å². The smallest absolute Gasteiger partial charge is 0.395 e. The molecule has 0 bridgehead atoms. The molecule has 18 heavy (non-hydrogen) atoms. The van der Waals surface area contributed by atoms with Gasteiger partial charge in [0.25, 0.3) is 0 Å². The number of nitrogens with zero attached hydrogens (tertiary/aromatic N) is 1. The van der Waals surface area contributed by atoms with Gasteiger partial charge in [-0.1, -0.05) is 18.2 Å². The van der Waals surface area contributed by atoms with Gasteiger partial charge in [0.05, 0.1) is 12.7 Å². The molecular formula is C12H16F3NO2. The topological polar surface area (TPSA) is 43.7 Å². The zero-order chi connectivity index (χ0) is 13.8. The van der Waals surface area contributed by atoms with E-state index < -0.39 is 18.8 Å². The first-order chi connectivity index (χ1) is 8.35. The summed E-state index contributed by atoms with van der Waals surface area (Å²) < 4.78 is 37.4. The minimum Gasteiger partial charge on any atom is -0.395 e. The number of halogens is 3. The molecule has 3 nitrogen and oxygen atoms in total. The fraction of sp³-hybridized carbons (Fsp3) is 0.500. The van der Waals surface area contributed by atoms with E-state index in [0.29, 0.717) is 11.3 Å². The largest absolute Gasteiger partial charge is 0.405 e. The SMILES string of the molecule is C[C@H](O)c1ccccc1N(CCO)CC(F)(F)F. The fourth-order valence-electron chi connectivity index (χ4n) is 1.75. The van der Waals surface area contributed by atoms with E-state index in [-0.39, 0.29) is 13.2 Å². The molecule has 6 heteroatoms. The van der Waals surface area contributed by atoms with Crippen LogP contribution in [0.5, 0.6) is 0 Å². The Bertz CT molecular complexity index is 380. The lowest BCUT2D eigenvalue weighted by Gasteiger charge is -2.28. The van der Waals surface area contributed by atoms with Crippen LogP contribution in [0.4, 0.5) is 18.9 Å². The number of rotatable bonds is 5. The molecule has 2 N–H and O–H groups in total. The fourth-order valence-corrected chi connectivity index (χ4v) is 1.75. The van der Waals surface area contributed by atoms with E-state index in [0.717, 1.165) is 4.90 Å². The molecule has 0 aromatic heterocycles. The van der Waals surface area contributed by atoms with Gasteiger partial charge >= 0.3 is 6.18 Å². The van der Waals surface area contributed by atoms with E-state index in [9.17, 15) is 18.3 Å². The summed E-state index contributed by atoms with van der Waals surface area (Å²) in [7, 11) is 0. The summed E-state index contributed by atoms with van der Waals surface area (Å²) in [5, 5.41) is 18.4. The number of aliphatic hydroxyl groups excluding tert-OH is 2. The third kappa shape index (κ3) is 4.19. The Kier molecular flexibility index (Phi) is 4.98. The summed E-state index contributed by atoms with van der Waals surface area (Å²) in [6, 6.07) is 6.32. The summed E-state index contributed by atoms with van der Waals surface area (Å²) in [4.78, 5) is 1.02. The molecule has 0 saturated heterocycles. The van der Waals surface area contributed by atoms with Crippen LogP contribution in [0.25, 0.3) is 0 Å². The standard InChI is InChI=1S/C12H16F3NO2/c1-9(18)10-4-2-3-5-11(10)16(6-7-17)8-12(13,14)15/h2-5,9,17-18H,6-8H2,1H3/t9-/m0/s1. The molecule has 0 spiro atoms. The highest BCUT2D eigenvalue weighted by Crippen LogP contribution is 2.28. The van der Waals surface area contributed by atoms with Crippen LogP contribution in [0.15, 0.2) is 24.3 Å². The summed E-state index contributed by atoms with van der Waals surface area (Å²) in [5.74, 6) is 0. The van der Waals surface area contributed by atoms with Gasteiger partial charge in [-0.05, 0) is 13.0 Å². The van der Waals surface area contributed by atoms with Crippen molar-refractivity contribution in [2.24, 2.45) is 0 Å². The molecule has 0 heterocycles. The van der Waals surface area contributed by atoms with Gasteiger partial charge in [-0.2, -0.15) is 13.2 Å². The van der Waals surface area contributed by atoms with Gasteiger partial charge in [0.1, 0.15) is 6.54 Å². The van der Waals surface area contributed by atoms with Crippen LogP contribution in [0.3, 0.4) is 0 Å². The van der Waals surface area contributed by atoms with Crippen molar-refractivity contribution in [3.8, 4) is 0 Å². The maximum Gasteiger partial charge on any atom is 0.405 e. The first-order valence-electron chi connectivity index (χ1n) is 5.54. The maximum atomic E-state index is 12.5. The van der Waals surface area contributed by atoms with Crippen molar-refractivity contribution in [2.45, 2.75) is 19.2 Å². The van der Waals surface area contributed by atoms with Crippen LogP contribution >= 0.6 is 0 Å². The third-order valence-electron chi connectivity index (χ3n) is 2.47. The van der Waals surface area contributed by atoms with Crippen molar-refractivity contribution in [3.63, 3.8) is 0 Å². The predicted octanol–water partition coefficient (Wildman–Crippen LogP) is 2.10. The van der Waals surface area contributed by atoms with Crippen molar-refractivity contribution in [1.29, 1.82) is 0 Å². The lowest BCUT2D eigenvalue weighted by molar-refractivity contribution is -0.119. The number of alkyl halides is 3. The number of anilines is 1. The predicted molar refractivity (Wildman–Crippen MR) is 62.4 cm³/mol. The maximum absolute atomic E-state index is 12.5. The third-order valence-corrected chi connectivity index (χ3v) is 2.47. The van der Waals surface area contributed by atoms with E-state index in [1.54, 1.807) is 18.2 Å². The Balaban J connectivity index is 3.05. The van der Waals surface area contributed by atoms with Gasteiger partial charge in [0.2, 0.25) is 0 Å². The lowest BCUT2D eigenvalue weighted by Crippen LogP contribution is -2.37. The minimum atomic E-state index is -4.36. The summed E-state index contributed by atoms with van der Waals surface area (Å²) in [6.45, 7) is -0.186. The van der Waals surface area contributed by atoms with E-state index in [1.165, 1.54) is 13.0 Å². The highest BCUT2D eigenvalue weighted by atomic mass is 19.4. The highest BCUT2D eigenvalue weighted by Gasteiger charge is 2.31. The zero-order valence-electron chi connectivity index (χ0n) is 9.98. The van der Waals surface area contributed by atoms with E-state index >= 15 is 0 Å². The Morgan fingerprint density at radius 2 is 1.89 bits per heavy atom. The number of benzene rings is 1. The van der Waals surface area contributed by atoms with E-state index in [2.05, 4.69) is 0 Å². The highest BCUT2D eigenvalue weighted by molar-refractivity contribution is 5.54. The van der Waals surface area contributed by atoms with Crippen molar-refractivity contribution in [2.75, 3.05) is 24.6 Å². The first-order valence-corrected chi connectivity index (χ1v) is 5.54. The number of para-hydroxylation sites is 1. The summed E-state index contributed by atoms with van der Waals surface area (Å²) >= 11 is 0. The number of hydrogen-bond donors (Lipinski definition) is 2. The van der Waals surface area contributed by atoms with Crippen molar-refractivity contribution in [1.82, 2.24) is 0 Å². The second kappa shape index (κ2) is 6.06. The lowest BCUT2D eigenvalue weighted by atomic mass is 10.1. The van der Waals surface area contributed by atoms with Gasteiger partial charge in [0, 0.05) is 17.8 Å². The summed E-state index contributed by atoms with van der Waals surface area (Å²) in [5.41, 5.74) is 0.703. The molecule has 0 fully saturated rings. The van der Waals surface area contributed by atoms with Crippen LogP contribution < -0.4 is 4.90 Å². The van der Waals surface area contributed by atoms with Crippen molar-refractivity contribution < 1.29 is 23.4 Å². The average Bonchev–Trinajstić information content (AvgIpc) is 2.26. The minimum absolute atomic E-state index is 0.136. The zero-order valence-corrected chi connectivity index (χ0v) is 9.98. The molecule has 0 saturated carbocycles. The Morgan fingerprint density at radius 3 is 2.39 bits per heavy atom. The molecule has 0 unspecified atom stereocenters. The quantitative estimate of drug-likeness (QED) is 0.855. The Morgan fingerprint density at radius 1 is 1.28 bits per heavy atom. The second-order valence-corrected chi connectivity index (χ2v) is 4.00. The van der Waals surface area contributed by atoms with Crippen molar-refractivity contribution >= 4 is 5.69 Å². The van der Waals surface area contributed by atoms with Gasteiger partial charge in [-0.25, -0.2) is 0 Å². The van der Waals surface area contributed by atoms with Crippen LogP contribution in [0, 0.1) is 0 Å². The molecule has 0 aliphatic heterocycles. The molecule has 1 atom stereocenters. The summed E-state index contributed by atoms with van der Waals surface area (Å²) in [6.07, 6.45) is -5.23. The molecule has 1 aromatic carbocycles. The molecule has 102 valence electrons. The molecule has 0 amide bonds.